The van der Waals surface area contributed by atoms with E-state index in [0.29, 0.717) is 10.3 Å². The highest BCUT2D eigenvalue weighted by atomic mass is 35.5. The van der Waals surface area contributed by atoms with Crippen LogP contribution in [0.5, 0.6) is 5.75 Å². The van der Waals surface area contributed by atoms with E-state index in [0.717, 1.165) is 5.75 Å². The maximum absolute atomic E-state index is 6.02. The van der Waals surface area contributed by atoms with Gasteiger partial charge in [-0.25, -0.2) is 0 Å². The van der Waals surface area contributed by atoms with Gasteiger partial charge in [-0.1, -0.05) is 17.7 Å². The Morgan fingerprint density at radius 1 is 1.54 bits per heavy atom. The fourth-order valence-corrected chi connectivity index (χ4v) is 2.46. The molecule has 0 aromatic heterocycles. The molecule has 1 fully saturated rings. The number of thioether (sulfide) groups is 1. The van der Waals surface area contributed by atoms with Crippen molar-refractivity contribution in [2.24, 2.45) is 0 Å². The van der Waals surface area contributed by atoms with E-state index < -0.39 is 0 Å². The van der Waals surface area contributed by atoms with Crippen LogP contribution in [0.25, 0.3) is 0 Å². The summed E-state index contributed by atoms with van der Waals surface area (Å²) in [5, 5.41) is 1.37. The Kier molecular flexibility index (Phi) is 2.70. The number of ether oxygens (including phenoxy) is 1. The topological polar surface area (TPSA) is 9.23 Å². The summed E-state index contributed by atoms with van der Waals surface area (Å²) in [4.78, 5) is 0. The Labute approximate surface area is 87.4 Å². The fraction of sp³-hybridized carbons (Fsp3) is 0.400. The van der Waals surface area contributed by atoms with Crippen molar-refractivity contribution in [3.05, 3.63) is 28.8 Å². The SMILES string of the molecule is COc1ccc(C2CCS2)cc1Cl. The van der Waals surface area contributed by atoms with Crippen LogP contribution in [0.4, 0.5) is 0 Å². The molecule has 3 heteroatoms. The van der Waals surface area contributed by atoms with Gasteiger partial charge in [0.1, 0.15) is 5.75 Å². The van der Waals surface area contributed by atoms with Crippen LogP contribution in [0, 0.1) is 0 Å². The molecule has 0 bridgehead atoms. The van der Waals surface area contributed by atoms with E-state index >= 15 is 0 Å². The molecule has 1 aliphatic heterocycles. The molecule has 0 amide bonds. The second-order valence-corrected chi connectivity index (χ2v) is 4.76. The highest BCUT2D eigenvalue weighted by molar-refractivity contribution is 8.00. The summed E-state index contributed by atoms with van der Waals surface area (Å²) in [6, 6.07) is 6.05. The van der Waals surface area contributed by atoms with Gasteiger partial charge in [0.2, 0.25) is 0 Å². The van der Waals surface area contributed by atoms with Crippen LogP contribution in [0.15, 0.2) is 18.2 Å². The maximum atomic E-state index is 6.02. The molecule has 0 aliphatic carbocycles. The first-order valence-corrected chi connectivity index (χ1v) is 5.69. The molecule has 1 heterocycles. The maximum Gasteiger partial charge on any atom is 0.137 e. The Balaban J connectivity index is 2.24. The van der Waals surface area contributed by atoms with E-state index in [1.54, 1.807) is 7.11 Å². The van der Waals surface area contributed by atoms with Gasteiger partial charge in [-0.2, -0.15) is 11.8 Å². The lowest BCUT2D eigenvalue weighted by atomic mass is 10.1. The van der Waals surface area contributed by atoms with Gasteiger partial charge in [-0.05, 0) is 29.9 Å². The van der Waals surface area contributed by atoms with E-state index in [-0.39, 0.29) is 0 Å². The van der Waals surface area contributed by atoms with Gasteiger partial charge in [0.25, 0.3) is 0 Å². The van der Waals surface area contributed by atoms with Crippen LogP contribution in [-0.4, -0.2) is 12.9 Å². The second kappa shape index (κ2) is 3.81. The van der Waals surface area contributed by atoms with Crippen molar-refractivity contribution >= 4 is 23.4 Å². The fourth-order valence-electron chi connectivity index (χ4n) is 1.38. The van der Waals surface area contributed by atoms with Crippen LogP contribution >= 0.6 is 23.4 Å². The molecule has 1 nitrogen and oxygen atoms in total. The van der Waals surface area contributed by atoms with E-state index in [9.17, 15) is 0 Å². The van der Waals surface area contributed by atoms with Crippen LogP contribution in [-0.2, 0) is 0 Å². The number of rotatable bonds is 2. The summed E-state index contributed by atoms with van der Waals surface area (Å²) in [6.45, 7) is 0. The third kappa shape index (κ3) is 1.79. The number of halogens is 1. The average Bonchev–Trinajstić information content (AvgIpc) is 2.01. The van der Waals surface area contributed by atoms with E-state index in [2.05, 4.69) is 6.07 Å². The number of methoxy groups -OCH3 is 1. The quantitative estimate of drug-likeness (QED) is 0.745. The van der Waals surface area contributed by atoms with Crippen molar-refractivity contribution < 1.29 is 4.74 Å². The molecular weight excluding hydrogens is 204 g/mol. The van der Waals surface area contributed by atoms with E-state index in [1.165, 1.54) is 17.7 Å². The monoisotopic (exact) mass is 214 g/mol. The van der Waals surface area contributed by atoms with Crippen molar-refractivity contribution in [3.63, 3.8) is 0 Å². The normalized spacial score (nSPS) is 20.9. The molecule has 70 valence electrons. The molecule has 1 atom stereocenters. The zero-order valence-corrected chi connectivity index (χ0v) is 8.99. The third-order valence-electron chi connectivity index (χ3n) is 2.25. The summed E-state index contributed by atoms with van der Waals surface area (Å²) in [5.74, 6) is 2.03. The lowest BCUT2D eigenvalue weighted by molar-refractivity contribution is 0.415. The summed E-state index contributed by atoms with van der Waals surface area (Å²) in [6.07, 6.45) is 1.27. The number of hydrogen-bond acceptors (Lipinski definition) is 2. The predicted octanol–water partition coefficient (Wildman–Crippen LogP) is 3.53. The standard InChI is InChI=1S/C10H11ClOS/c1-12-9-3-2-7(6-8(9)11)10-4-5-13-10/h2-3,6,10H,4-5H2,1H3. The van der Waals surface area contributed by atoms with Crippen molar-refractivity contribution in [1.29, 1.82) is 0 Å². The molecule has 1 unspecified atom stereocenters. The predicted molar refractivity (Wildman–Crippen MR) is 57.8 cm³/mol. The van der Waals surface area contributed by atoms with Gasteiger partial charge < -0.3 is 4.74 Å². The van der Waals surface area contributed by atoms with Crippen LogP contribution in [0.3, 0.4) is 0 Å². The summed E-state index contributed by atoms with van der Waals surface area (Å²) >= 11 is 8.00. The molecule has 1 aromatic carbocycles. The van der Waals surface area contributed by atoms with Gasteiger partial charge in [-0.3, -0.25) is 0 Å². The highest BCUT2D eigenvalue weighted by Gasteiger charge is 2.20. The molecule has 1 aromatic rings. The van der Waals surface area contributed by atoms with Gasteiger partial charge in [0, 0.05) is 5.25 Å². The van der Waals surface area contributed by atoms with Gasteiger partial charge >= 0.3 is 0 Å². The molecule has 0 radical (unpaired) electrons. The molecular formula is C10H11ClOS. The zero-order valence-electron chi connectivity index (χ0n) is 7.42. The summed E-state index contributed by atoms with van der Waals surface area (Å²) in [5.41, 5.74) is 1.32. The van der Waals surface area contributed by atoms with Crippen molar-refractivity contribution in [2.45, 2.75) is 11.7 Å². The average molecular weight is 215 g/mol. The molecule has 1 saturated heterocycles. The molecule has 13 heavy (non-hydrogen) atoms. The third-order valence-corrected chi connectivity index (χ3v) is 3.92. The van der Waals surface area contributed by atoms with Crippen molar-refractivity contribution in [3.8, 4) is 5.75 Å². The minimum atomic E-state index is 0.656. The second-order valence-electron chi connectivity index (χ2n) is 3.04. The number of benzene rings is 1. The lowest BCUT2D eigenvalue weighted by Gasteiger charge is -2.25. The number of hydrogen-bond donors (Lipinski definition) is 0. The molecule has 0 spiro atoms. The first-order valence-electron chi connectivity index (χ1n) is 4.26. The highest BCUT2D eigenvalue weighted by Crippen LogP contribution is 2.43. The molecule has 1 aliphatic rings. The van der Waals surface area contributed by atoms with Gasteiger partial charge in [0.15, 0.2) is 0 Å². The molecule has 0 saturated carbocycles. The van der Waals surface area contributed by atoms with Crippen LogP contribution < -0.4 is 4.74 Å². The van der Waals surface area contributed by atoms with Crippen LogP contribution in [0.1, 0.15) is 17.2 Å². The Morgan fingerprint density at radius 2 is 2.31 bits per heavy atom. The van der Waals surface area contributed by atoms with Gasteiger partial charge in [-0.15, -0.1) is 0 Å². The van der Waals surface area contributed by atoms with Crippen LogP contribution in [0.2, 0.25) is 5.02 Å². The smallest absolute Gasteiger partial charge is 0.137 e. The summed E-state index contributed by atoms with van der Waals surface area (Å²) < 4.78 is 5.09. The van der Waals surface area contributed by atoms with Crippen molar-refractivity contribution in [1.82, 2.24) is 0 Å². The minimum absolute atomic E-state index is 0.656. The van der Waals surface area contributed by atoms with E-state index in [1.807, 2.05) is 23.9 Å². The summed E-state index contributed by atoms with van der Waals surface area (Å²) in [7, 11) is 1.64. The Hall–Kier alpha value is -0.340. The Bertz CT molecular complexity index is 310. The largest absolute Gasteiger partial charge is 0.495 e. The zero-order chi connectivity index (χ0) is 9.26. The first-order chi connectivity index (χ1) is 6.31. The van der Waals surface area contributed by atoms with E-state index in [4.69, 9.17) is 16.3 Å². The lowest BCUT2D eigenvalue weighted by Crippen LogP contribution is -2.06. The van der Waals surface area contributed by atoms with Crippen molar-refractivity contribution in [2.75, 3.05) is 12.9 Å². The molecule has 2 rings (SSSR count). The van der Waals surface area contributed by atoms with Gasteiger partial charge in [0.05, 0.1) is 12.1 Å². The Morgan fingerprint density at radius 3 is 2.77 bits per heavy atom. The molecule has 0 N–H and O–H groups in total. The first kappa shape index (κ1) is 9.22. The minimum Gasteiger partial charge on any atom is -0.495 e.